The van der Waals surface area contributed by atoms with Crippen LogP contribution in [0.25, 0.3) is 0 Å². The second-order valence-electron chi connectivity index (χ2n) is 17.6. The number of rotatable bonds is 20. The van der Waals surface area contributed by atoms with Crippen molar-refractivity contribution in [3.63, 3.8) is 0 Å². The second kappa shape index (κ2) is 18.1. The van der Waals surface area contributed by atoms with Crippen molar-refractivity contribution in [3.05, 3.63) is 11.6 Å². The smallest absolute Gasteiger partial charge is 0.306 e. The maximum absolute atomic E-state index is 12.8. The molecule has 2 nitrogen and oxygen atoms in total. The molecule has 4 aliphatic carbocycles. The highest BCUT2D eigenvalue weighted by Gasteiger charge is 2.59. The van der Waals surface area contributed by atoms with Crippen LogP contribution in [0.3, 0.4) is 0 Å². The normalized spacial score (nSPS) is 33.3. The molecule has 0 aromatic heterocycles. The molecule has 4 rings (SSSR count). The molecular weight excluding hydrogens is 548 g/mol. The van der Waals surface area contributed by atoms with E-state index in [0.717, 1.165) is 54.8 Å². The first-order valence-corrected chi connectivity index (χ1v) is 20.6. The van der Waals surface area contributed by atoms with Gasteiger partial charge in [-0.2, -0.15) is 0 Å². The molecule has 3 fully saturated rings. The van der Waals surface area contributed by atoms with Gasteiger partial charge in [-0.25, -0.2) is 0 Å². The highest BCUT2D eigenvalue weighted by atomic mass is 16.5. The van der Waals surface area contributed by atoms with E-state index >= 15 is 0 Å². The van der Waals surface area contributed by atoms with E-state index in [4.69, 9.17) is 4.74 Å². The fourth-order valence-electron chi connectivity index (χ4n) is 11.3. The van der Waals surface area contributed by atoms with Crippen LogP contribution < -0.4 is 0 Å². The summed E-state index contributed by atoms with van der Waals surface area (Å²) in [5.74, 6) is 5.34. The monoisotopic (exact) mass is 625 g/mol. The average Bonchev–Trinajstić information content (AvgIpc) is 3.37. The first kappa shape index (κ1) is 37.0. The van der Waals surface area contributed by atoms with Crippen molar-refractivity contribution in [2.24, 2.45) is 46.3 Å². The fourth-order valence-corrected chi connectivity index (χ4v) is 11.3. The third-order valence-electron chi connectivity index (χ3n) is 14.0. The summed E-state index contributed by atoms with van der Waals surface area (Å²) in [6.07, 6.45) is 35.4. The summed E-state index contributed by atoms with van der Waals surface area (Å²) in [6, 6.07) is 0. The minimum absolute atomic E-state index is 0.0638. The van der Waals surface area contributed by atoms with Crippen molar-refractivity contribution in [1.82, 2.24) is 0 Å². The number of carbonyl (C=O) groups is 1. The van der Waals surface area contributed by atoms with Gasteiger partial charge in [0.25, 0.3) is 0 Å². The molecule has 0 aliphatic heterocycles. The van der Waals surface area contributed by atoms with Crippen molar-refractivity contribution < 1.29 is 9.53 Å². The number of hydrogen-bond donors (Lipinski definition) is 0. The van der Waals surface area contributed by atoms with Gasteiger partial charge in [0.2, 0.25) is 0 Å². The van der Waals surface area contributed by atoms with Crippen molar-refractivity contribution in [1.29, 1.82) is 0 Å². The third-order valence-corrected chi connectivity index (χ3v) is 14.0. The molecule has 4 aliphatic rings. The molecule has 0 spiro atoms. The third kappa shape index (κ3) is 9.87. The molecule has 260 valence electrons. The van der Waals surface area contributed by atoms with Crippen LogP contribution in [0.5, 0.6) is 0 Å². The molecular formula is C43H76O2. The van der Waals surface area contributed by atoms with Gasteiger partial charge in [-0.3, -0.25) is 4.79 Å². The Morgan fingerprint density at radius 1 is 0.778 bits per heavy atom. The molecule has 0 N–H and O–H groups in total. The van der Waals surface area contributed by atoms with Gasteiger partial charge < -0.3 is 4.74 Å². The molecule has 0 aromatic carbocycles. The van der Waals surface area contributed by atoms with Crippen LogP contribution in [0.2, 0.25) is 0 Å². The standard InChI is InChI=1S/C43H76O2/c1-7-8-9-10-11-12-13-14-15-16-17-18-19-23-41(44)45-36-28-30-42(5)35(32-36)24-25-37-39-27-26-38(34(4)22-20-21-33(2)3)43(39,6)31-29-40(37)42/h24,33-34,36-40H,7-23,25-32H2,1-6H3/t34-,36-,37+,38-,39+,40+,42+,43-/m1/s1. The van der Waals surface area contributed by atoms with Crippen molar-refractivity contribution in [2.75, 3.05) is 0 Å². The van der Waals surface area contributed by atoms with Crippen LogP contribution in [0.15, 0.2) is 11.6 Å². The number of unbranched alkanes of at least 4 members (excludes halogenated alkanes) is 12. The maximum atomic E-state index is 12.8. The molecule has 0 heterocycles. The van der Waals surface area contributed by atoms with Gasteiger partial charge in [-0.15, -0.1) is 0 Å². The zero-order valence-electron chi connectivity index (χ0n) is 31.1. The van der Waals surface area contributed by atoms with Crippen LogP contribution in [-0.4, -0.2) is 12.1 Å². The molecule has 3 saturated carbocycles. The van der Waals surface area contributed by atoms with Crippen LogP contribution in [0.4, 0.5) is 0 Å². The van der Waals surface area contributed by atoms with Gasteiger partial charge in [-0.05, 0) is 97.7 Å². The minimum Gasteiger partial charge on any atom is -0.462 e. The lowest BCUT2D eigenvalue weighted by Crippen LogP contribution is -2.51. The zero-order chi connectivity index (χ0) is 32.3. The lowest BCUT2D eigenvalue weighted by Gasteiger charge is -2.58. The predicted molar refractivity (Wildman–Crippen MR) is 193 cm³/mol. The Kier molecular flexibility index (Phi) is 14.9. The number of carbonyl (C=O) groups excluding carboxylic acids is 1. The van der Waals surface area contributed by atoms with E-state index in [-0.39, 0.29) is 12.1 Å². The second-order valence-corrected chi connectivity index (χ2v) is 17.6. The summed E-state index contributed by atoms with van der Waals surface area (Å²) in [6.45, 7) is 14.9. The van der Waals surface area contributed by atoms with Gasteiger partial charge in [0.05, 0.1) is 0 Å². The van der Waals surface area contributed by atoms with Crippen molar-refractivity contribution >= 4 is 5.97 Å². The van der Waals surface area contributed by atoms with E-state index in [0.29, 0.717) is 17.3 Å². The fraction of sp³-hybridized carbons (Fsp3) is 0.930. The Bertz CT molecular complexity index is 904. The Morgan fingerprint density at radius 3 is 2.07 bits per heavy atom. The summed E-state index contributed by atoms with van der Waals surface area (Å²) in [7, 11) is 0. The lowest BCUT2D eigenvalue weighted by atomic mass is 9.47. The molecule has 0 saturated heterocycles. The molecule has 0 aromatic rings. The molecule has 0 radical (unpaired) electrons. The predicted octanol–water partition coefficient (Wildman–Crippen LogP) is 13.4. The Labute approximate surface area is 281 Å². The molecule has 0 amide bonds. The molecule has 0 bridgehead atoms. The van der Waals surface area contributed by atoms with Crippen LogP contribution in [-0.2, 0) is 9.53 Å². The first-order chi connectivity index (χ1) is 21.7. The van der Waals surface area contributed by atoms with Crippen LogP contribution in [0, 0.1) is 46.3 Å². The maximum Gasteiger partial charge on any atom is 0.306 e. The summed E-state index contributed by atoms with van der Waals surface area (Å²) >= 11 is 0. The van der Waals surface area contributed by atoms with E-state index in [9.17, 15) is 4.79 Å². The minimum atomic E-state index is 0.0638. The summed E-state index contributed by atoms with van der Waals surface area (Å²) < 4.78 is 6.12. The largest absolute Gasteiger partial charge is 0.462 e. The molecule has 2 heteroatoms. The number of hydrogen-bond acceptors (Lipinski definition) is 2. The quantitative estimate of drug-likeness (QED) is 0.0765. The number of esters is 1. The lowest BCUT2D eigenvalue weighted by molar-refractivity contribution is -0.151. The number of allylic oxidation sites excluding steroid dienone is 1. The zero-order valence-corrected chi connectivity index (χ0v) is 31.1. The van der Waals surface area contributed by atoms with E-state index in [2.05, 4.69) is 47.6 Å². The van der Waals surface area contributed by atoms with E-state index < -0.39 is 0 Å². The van der Waals surface area contributed by atoms with E-state index in [1.807, 2.05) is 0 Å². The van der Waals surface area contributed by atoms with E-state index in [1.165, 1.54) is 135 Å². The first-order valence-electron chi connectivity index (χ1n) is 20.6. The molecule has 0 unspecified atom stereocenters. The van der Waals surface area contributed by atoms with Crippen LogP contribution >= 0.6 is 0 Å². The van der Waals surface area contributed by atoms with Crippen molar-refractivity contribution in [2.45, 2.75) is 208 Å². The molecule has 8 atom stereocenters. The number of ether oxygens (including phenoxy) is 1. The van der Waals surface area contributed by atoms with Gasteiger partial charge in [0.15, 0.2) is 0 Å². The topological polar surface area (TPSA) is 26.3 Å². The highest BCUT2D eigenvalue weighted by molar-refractivity contribution is 5.69. The van der Waals surface area contributed by atoms with Crippen LogP contribution in [0.1, 0.15) is 202 Å². The number of fused-ring (bicyclic) bond motifs is 5. The molecule has 45 heavy (non-hydrogen) atoms. The Balaban J connectivity index is 1.14. The SMILES string of the molecule is CCCCCCCCCCCCCCCC(=O)O[C@@H]1CC[C@@]2(C)C(=CC[C@H]3[C@@H]4CC[C@H]([C@H](C)CCCC(C)C)[C@@]4(C)CC[C@@H]32)C1. The summed E-state index contributed by atoms with van der Waals surface area (Å²) in [5, 5.41) is 0. The average molecular weight is 625 g/mol. The van der Waals surface area contributed by atoms with Gasteiger partial charge in [0.1, 0.15) is 6.10 Å². The summed E-state index contributed by atoms with van der Waals surface area (Å²) in [5.41, 5.74) is 2.54. The van der Waals surface area contributed by atoms with Gasteiger partial charge in [0, 0.05) is 12.8 Å². The van der Waals surface area contributed by atoms with Gasteiger partial charge >= 0.3 is 5.97 Å². The highest BCUT2D eigenvalue weighted by Crippen LogP contribution is 2.67. The van der Waals surface area contributed by atoms with Gasteiger partial charge in [-0.1, -0.05) is 150 Å². The summed E-state index contributed by atoms with van der Waals surface area (Å²) in [4.78, 5) is 12.8. The Hall–Kier alpha value is -0.790. The van der Waals surface area contributed by atoms with Crippen molar-refractivity contribution in [3.8, 4) is 0 Å². The Morgan fingerprint density at radius 2 is 1.42 bits per heavy atom. The van der Waals surface area contributed by atoms with E-state index in [1.54, 1.807) is 5.57 Å².